The van der Waals surface area contributed by atoms with Crippen LogP contribution in [0.1, 0.15) is 43.7 Å². The van der Waals surface area contributed by atoms with E-state index in [1.54, 1.807) is 24.3 Å². The normalized spacial score (nSPS) is 11.5. The monoisotopic (exact) mass is 416 g/mol. The van der Waals surface area contributed by atoms with Gasteiger partial charge in [0.15, 0.2) is 9.84 Å². The molecule has 0 heterocycles. The number of hydrogen-bond acceptors (Lipinski definition) is 5. The second-order valence-corrected chi connectivity index (χ2v) is 8.79. The molecule has 0 aliphatic carbocycles. The maximum Gasteiger partial charge on any atom is 0.305 e. The molecule has 0 spiro atoms. The predicted octanol–water partition coefficient (Wildman–Crippen LogP) is 4.76. The largest absolute Gasteiger partial charge is 0.494 e. The average molecular weight is 417 g/mol. The van der Waals surface area contributed by atoms with Crippen molar-refractivity contribution in [3.8, 4) is 5.75 Å². The van der Waals surface area contributed by atoms with Gasteiger partial charge >= 0.3 is 5.97 Å². The third-order valence-corrected chi connectivity index (χ3v) is 5.31. The van der Waals surface area contributed by atoms with Crippen molar-refractivity contribution in [2.45, 2.75) is 37.5 Å². The highest BCUT2D eigenvalue weighted by Gasteiger charge is 2.05. The van der Waals surface area contributed by atoms with E-state index in [1.165, 1.54) is 6.26 Å². The van der Waals surface area contributed by atoms with Crippen molar-refractivity contribution in [1.29, 1.82) is 0 Å². The first kappa shape index (κ1) is 22.7. The Morgan fingerprint density at radius 1 is 0.897 bits per heavy atom. The zero-order valence-electron chi connectivity index (χ0n) is 17.0. The first-order valence-electron chi connectivity index (χ1n) is 9.75. The highest BCUT2D eigenvalue weighted by Crippen LogP contribution is 2.16. The zero-order chi connectivity index (χ0) is 21.1. The summed E-state index contributed by atoms with van der Waals surface area (Å²) in [5.41, 5.74) is 1.95. The van der Waals surface area contributed by atoms with Crippen LogP contribution in [0.4, 0.5) is 0 Å². The molecule has 0 fully saturated rings. The van der Waals surface area contributed by atoms with Crippen LogP contribution in [0, 0.1) is 0 Å². The van der Waals surface area contributed by atoms with E-state index in [0.717, 1.165) is 36.1 Å². The van der Waals surface area contributed by atoms with Crippen LogP contribution in [0.15, 0.2) is 53.4 Å². The van der Waals surface area contributed by atoms with E-state index < -0.39 is 9.84 Å². The van der Waals surface area contributed by atoms with Crippen LogP contribution in [0.25, 0.3) is 12.2 Å². The van der Waals surface area contributed by atoms with Gasteiger partial charge in [0.1, 0.15) is 5.75 Å². The number of hydrogen-bond donors (Lipinski definition) is 0. The van der Waals surface area contributed by atoms with E-state index in [-0.39, 0.29) is 5.97 Å². The number of carbonyl (C=O) groups is 1. The summed E-state index contributed by atoms with van der Waals surface area (Å²) < 4.78 is 33.8. The molecule has 29 heavy (non-hydrogen) atoms. The van der Waals surface area contributed by atoms with Crippen LogP contribution < -0.4 is 4.74 Å². The molecule has 0 radical (unpaired) electrons. The summed E-state index contributed by atoms with van der Waals surface area (Å²) in [4.78, 5) is 11.6. The number of ether oxygens (including phenoxy) is 2. The van der Waals surface area contributed by atoms with Gasteiger partial charge in [0.2, 0.25) is 0 Å². The second kappa shape index (κ2) is 11.4. The summed E-state index contributed by atoms with van der Waals surface area (Å²) in [6.45, 7) is 2.97. The molecule has 0 bridgehead atoms. The lowest BCUT2D eigenvalue weighted by molar-refractivity contribution is -0.143. The van der Waals surface area contributed by atoms with Gasteiger partial charge in [0.05, 0.1) is 18.1 Å². The van der Waals surface area contributed by atoms with Gasteiger partial charge in [-0.1, -0.05) is 43.3 Å². The van der Waals surface area contributed by atoms with Crippen LogP contribution in [0.2, 0.25) is 0 Å². The summed E-state index contributed by atoms with van der Waals surface area (Å²) in [5, 5.41) is 0. The fourth-order valence-electron chi connectivity index (χ4n) is 2.55. The van der Waals surface area contributed by atoms with Crippen molar-refractivity contribution in [1.82, 2.24) is 0 Å². The Morgan fingerprint density at radius 2 is 1.45 bits per heavy atom. The summed E-state index contributed by atoms with van der Waals surface area (Å²) in [6.07, 6.45) is 7.99. The van der Waals surface area contributed by atoms with Gasteiger partial charge < -0.3 is 9.47 Å². The lowest BCUT2D eigenvalue weighted by Crippen LogP contribution is -2.06. The molecule has 0 aliphatic heterocycles. The van der Waals surface area contributed by atoms with E-state index in [4.69, 9.17) is 9.47 Å². The number of esters is 1. The molecule has 2 aromatic rings. The maximum atomic E-state index is 11.5. The van der Waals surface area contributed by atoms with E-state index in [1.807, 2.05) is 43.3 Å². The smallest absolute Gasteiger partial charge is 0.305 e. The molecule has 0 aliphatic rings. The summed E-state index contributed by atoms with van der Waals surface area (Å²) in [6, 6.07) is 14.5. The van der Waals surface area contributed by atoms with Crippen molar-refractivity contribution >= 4 is 28.0 Å². The number of benzene rings is 2. The van der Waals surface area contributed by atoms with Gasteiger partial charge in [0, 0.05) is 12.7 Å². The average Bonchev–Trinajstić information content (AvgIpc) is 2.70. The molecule has 6 heteroatoms. The van der Waals surface area contributed by atoms with Crippen molar-refractivity contribution in [3.05, 3.63) is 59.7 Å². The van der Waals surface area contributed by atoms with Crippen LogP contribution in [0.3, 0.4) is 0 Å². The van der Waals surface area contributed by atoms with Crippen LogP contribution in [-0.2, 0) is 19.4 Å². The summed E-state index contributed by atoms with van der Waals surface area (Å²) in [5.74, 6) is 0.658. The Hall–Kier alpha value is -2.60. The number of sulfone groups is 1. The molecule has 0 atom stereocenters. The quantitative estimate of drug-likeness (QED) is 0.300. The topological polar surface area (TPSA) is 69.7 Å². The molecule has 0 aromatic heterocycles. The minimum absolute atomic E-state index is 0.136. The molecule has 0 saturated carbocycles. The third kappa shape index (κ3) is 8.52. The van der Waals surface area contributed by atoms with Crippen molar-refractivity contribution in [3.63, 3.8) is 0 Å². The first-order chi connectivity index (χ1) is 13.9. The molecule has 156 valence electrons. The molecule has 0 amide bonds. The van der Waals surface area contributed by atoms with E-state index in [9.17, 15) is 13.2 Å². The highest BCUT2D eigenvalue weighted by atomic mass is 32.2. The summed E-state index contributed by atoms with van der Waals surface area (Å²) >= 11 is 0. The maximum absolute atomic E-state index is 11.5. The van der Waals surface area contributed by atoms with E-state index in [0.29, 0.717) is 24.5 Å². The van der Waals surface area contributed by atoms with Gasteiger partial charge in [-0.2, -0.15) is 0 Å². The molecule has 2 rings (SSSR count). The molecular formula is C23H28O5S. The first-order valence-corrected chi connectivity index (χ1v) is 11.6. The fourth-order valence-corrected chi connectivity index (χ4v) is 3.18. The number of rotatable bonds is 11. The van der Waals surface area contributed by atoms with Gasteiger partial charge in [-0.3, -0.25) is 4.79 Å². The predicted molar refractivity (Wildman–Crippen MR) is 116 cm³/mol. The van der Waals surface area contributed by atoms with Crippen molar-refractivity contribution in [2.75, 3.05) is 19.5 Å². The molecule has 0 saturated heterocycles. The molecule has 2 aromatic carbocycles. The molecule has 0 N–H and O–H groups in total. The van der Waals surface area contributed by atoms with Gasteiger partial charge in [-0.25, -0.2) is 8.42 Å². The fraction of sp³-hybridized carbons (Fsp3) is 0.348. The Morgan fingerprint density at radius 3 is 2.00 bits per heavy atom. The van der Waals surface area contributed by atoms with Crippen LogP contribution in [0.5, 0.6) is 5.75 Å². The second-order valence-electron chi connectivity index (χ2n) is 6.77. The lowest BCUT2D eigenvalue weighted by Gasteiger charge is -2.07. The van der Waals surface area contributed by atoms with Crippen LogP contribution >= 0.6 is 0 Å². The summed E-state index contributed by atoms with van der Waals surface area (Å²) in [7, 11) is -3.17. The van der Waals surface area contributed by atoms with Crippen LogP contribution in [-0.4, -0.2) is 33.9 Å². The van der Waals surface area contributed by atoms with Gasteiger partial charge in [-0.15, -0.1) is 0 Å². The zero-order valence-corrected chi connectivity index (χ0v) is 17.8. The minimum atomic E-state index is -3.17. The van der Waals surface area contributed by atoms with Gasteiger partial charge in [-0.05, 0) is 54.7 Å². The minimum Gasteiger partial charge on any atom is -0.494 e. The van der Waals surface area contributed by atoms with Gasteiger partial charge in [0.25, 0.3) is 0 Å². The van der Waals surface area contributed by atoms with E-state index >= 15 is 0 Å². The standard InChI is InChI=1S/C23H28O5S/c1-3-6-23(24)28-18-5-4-17-27-21-13-9-19(10-14-21)7-8-20-11-15-22(16-12-20)29(2,25)26/h7-16H,3-6,17-18H2,1-2H3. The van der Waals surface area contributed by atoms with Crippen molar-refractivity contribution in [2.24, 2.45) is 0 Å². The molecule has 5 nitrogen and oxygen atoms in total. The van der Waals surface area contributed by atoms with E-state index in [2.05, 4.69) is 0 Å². The Bertz CT molecular complexity index is 897. The molecular weight excluding hydrogens is 388 g/mol. The lowest BCUT2D eigenvalue weighted by atomic mass is 10.1. The SMILES string of the molecule is CCCC(=O)OCCCCOc1ccc(C=Cc2ccc(S(C)(=O)=O)cc2)cc1. The Labute approximate surface area is 173 Å². The number of unbranched alkanes of at least 4 members (excludes halogenated alkanes) is 1. The number of carbonyl (C=O) groups excluding carboxylic acids is 1. The third-order valence-electron chi connectivity index (χ3n) is 4.18. The highest BCUT2D eigenvalue weighted by molar-refractivity contribution is 7.90. The Balaban J connectivity index is 1.74. The van der Waals surface area contributed by atoms with Crippen molar-refractivity contribution < 1.29 is 22.7 Å². The Kier molecular flexibility index (Phi) is 8.93. The molecule has 0 unspecified atom stereocenters.